The number of nitrogens with one attached hydrogen (secondary N) is 2. The van der Waals surface area contributed by atoms with Gasteiger partial charge in [0.25, 0.3) is 0 Å². The number of phenols is 1. The number of phenolic OH excluding ortho intramolecular Hbond substituents is 1. The zero-order valence-corrected chi connectivity index (χ0v) is 28.9. The summed E-state index contributed by atoms with van der Waals surface area (Å²) in [5.74, 6) is 3.27. The molecule has 49 heavy (non-hydrogen) atoms. The molecule has 266 valence electrons. The van der Waals surface area contributed by atoms with Crippen molar-refractivity contribution in [3.8, 4) is 5.75 Å². The number of nitrogens with zero attached hydrogens (tertiary/aromatic N) is 4. The van der Waals surface area contributed by atoms with Gasteiger partial charge in [0.2, 0.25) is 17.7 Å². The molecule has 9 N–H and O–H groups in total. The molecule has 0 aliphatic heterocycles. The molecule has 4 aliphatic rings. The predicted molar refractivity (Wildman–Crippen MR) is 185 cm³/mol. The Morgan fingerprint density at radius 1 is 1.04 bits per heavy atom. The topological polar surface area (TPSA) is 213 Å². The van der Waals surface area contributed by atoms with Gasteiger partial charge in [-0.15, -0.1) is 0 Å². The summed E-state index contributed by atoms with van der Waals surface area (Å²) in [6, 6.07) is 0.961. The average Bonchev–Trinajstić information content (AvgIpc) is 3.67. The number of amides is 2. The minimum atomic E-state index is -0.945. The van der Waals surface area contributed by atoms with E-state index in [4.69, 9.17) is 26.7 Å². The summed E-state index contributed by atoms with van der Waals surface area (Å²) in [6.45, 7) is 4.76. The first-order valence-corrected chi connectivity index (χ1v) is 18.0. The summed E-state index contributed by atoms with van der Waals surface area (Å²) in [4.78, 5) is 36.4. The highest BCUT2D eigenvalue weighted by Crippen LogP contribution is 2.60. The van der Waals surface area contributed by atoms with Crippen LogP contribution in [0.25, 0.3) is 0 Å². The fourth-order valence-electron chi connectivity index (χ4n) is 9.30. The maximum absolute atomic E-state index is 14.1. The number of carbonyl (C=O) groups excluding carboxylic acids is 2. The Morgan fingerprint density at radius 2 is 1.71 bits per heavy atom. The molecule has 4 aliphatic carbocycles. The first-order valence-electron chi connectivity index (χ1n) is 18.0. The number of aromatic hydroxyl groups is 1. The monoisotopic (exact) mass is 675 g/mol. The van der Waals surface area contributed by atoms with Gasteiger partial charge >= 0.3 is 0 Å². The SMILES string of the molecule is Cc1cc(O)cc(C)c1CC(NC(=O)C(N)CCCn1ccnc1N)C(=O)NC(CCCN)c1nc(CC23CC4CC(CC(C4)C2)C3)no1. The van der Waals surface area contributed by atoms with Crippen LogP contribution in [0.5, 0.6) is 5.75 Å². The molecule has 4 saturated carbocycles. The van der Waals surface area contributed by atoms with Crippen molar-refractivity contribution >= 4 is 17.8 Å². The van der Waals surface area contributed by atoms with Crippen molar-refractivity contribution in [2.75, 3.05) is 12.3 Å². The van der Waals surface area contributed by atoms with E-state index in [2.05, 4.69) is 20.8 Å². The molecule has 4 fully saturated rings. The van der Waals surface area contributed by atoms with Crippen LogP contribution in [0, 0.1) is 37.0 Å². The summed E-state index contributed by atoms with van der Waals surface area (Å²) in [7, 11) is 0. The number of aromatic nitrogens is 4. The largest absolute Gasteiger partial charge is 0.508 e. The number of aryl methyl sites for hydroxylation is 3. The fourth-order valence-corrected chi connectivity index (χ4v) is 9.30. The molecule has 13 nitrogen and oxygen atoms in total. The molecule has 0 saturated heterocycles. The van der Waals surface area contributed by atoms with E-state index in [1.165, 1.54) is 38.5 Å². The molecule has 1 aromatic carbocycles. The third-order valence-electron chi connectivity index (χ3n) is 11.2. The van der Waals surface area contributed by atoms with Crippen molar-refractivity contribution in [1.29, 1.82) is 0 Å². The molecule has 3 unspecified atom stereocenters. The first-order chi connectivity index (χ1) is 23.5. The minimum absolute atomic E-state index is 0.145. The van der Waals surface area contributed by atoms with E-state index in [0.717, 1.165) is 40.9 Å². The smallest absolute Gasteiger partial charge is 0.249 e. The molecule has 2 aromatic heterocycles. The summed E-state index contributed by atoms with van der Waals surface area (Å²) in [6.07, 6.45) is 14.4. The molecule has 2 amide bonds. The number of imidazole rings is 1. The van der Waals surface area contributed by atoms with Crippen LogP contribution in [-0.2, 0) is 29.0 Å². The molecule has 0 spiro atoms. The second-order valence-corrected chi connectivity index (χ2v) is 15.2. The van der Waals surface area contributed by atoms with Crippen LogP contribution in [0.4, 0.5) is 5.95 Å². The van der Waals surface area contributed by atoms with Crippen LogP contribution in [0.15, 0.2) is 29.0 Å². The van der Waals surface area contributed by atoms with E-state index in [9.17, 15) is 14.7 Å². The van der Waals surface area contributed by atoms with E-state index in [1.54, 1.807) is 29.1 Å². The van der Waals surface area contributed by atoms with Crippen LogP contribution in [0.3, 0.4) is 0 Å². The number of nitrogen functional groups attached to an aromatic ring is 1. The molecular formula is C36H53N9O4. The molecule has 2 heterocycles. The number of carbonyl (C=O) groups is 2. The van der Waals surface area contributed by atoms with Gasteiger partial charge in [-0.05, 0) is 137 Å². The van der Waals surface area contributed by atoms with Crippen LogP contribution >= 0.6 is 0 Å². The van der Waals surface area contributed by atoms with Crippen LogP contribution in [0.1, 0.15) is 98.7 Å². The number of nitrogens with two attached hydrogens (primary N) is 3. The molecule has 4 bridgehead atoms. The van der Waals surface area contributed by atoms with Gasteiger partial charge < -0.3 is 42.0 Å². The van der Waals surface area contributed by atoms with E-state index < -0.39 is 24.0 Å². The fraction of sp³-hybridized carbons (Fsp3) is 0.639. The second-order valence-electron chi connectivity index (χ2n) is 15.2. The van der Waals surface area contributed by atoms with Crippen molar-refractivity contribution in [3.63, 3.8) is 0 Å². The van der Waals surface area contributed by atoms with Gasteiger partial charge in [0.05, 0.1) is 6.04 Å². The zero-order chi connectivity index (χ0) is 34.7. The second kappa shape index (κ2) is 14.9. The maximum Gasteiger partial charge on any atom is 0.249 e. The Morgan fingerprint density at radius 3 is 2.33 bits per heavy atom. The molecule has 13 heteroatoms. The number of benzene rings is 1. The number of rotatable bonds is 16. The number of hydrogen-bond donors (Lipinski definition) is 6. The lowest BCUT2D eigenvalue weighted by atomic mass is 9.49. The van der Waals surface area contributed by atoms with Crippen molar-refractivity contribution in [3.05, 3.63) is 52.9 Å². The van der Waals surface area contributed by atoms with E-state index in [-0.39, 0.29) is 23.5 Å². The molecule has 7 rings (SSSR count). The molecular weight excluding hydrogens is 622 g/mol. The first kappa shape index (κ1) is 34.9. The highest BCUT2D eigenvalue weighted by Gasteiger charge is 2.51. The van der Waals surface area contributed by atoms with Gasteiger partial charge in [0, 0.05) is 31.8 Å². The lowest BCUT2D eigenvalue weighted by Crippen LogP contribution is -2.53. The van der Waals surface area contributed by atoms with Crippen LogP contribution in [-0.4, -0.2) is 55.2 Å². The number of anilines is 1. The summed E-state index contributed by atoms with van der Waals surface area (Å²) in [5, 5.41) is 20.6. The van der Waals surface area contributed by atoms with Crippen molar-refractivity contribution in [2.24, 2.45) is 34.6 Å². The molecule has 0 radical (unpaired) electrons. The lowest BCUT2D eigenvalue weighted by molar-refractivity contribution is -0.130. The van der Waals surface area contributed by atoms with Gasteiger partial charge in [0.15, 0.2) is 11.8 Å². The highest BCUT2D eigenvalue weighted by molar-refractivity contribution is 5.90. The standard InChI is InChI=1S/C36H53N9O4/c1-21-11-26(46)12-22(2)27(21)16-30(42-32(47)28(38)5-4-9-45-10-8-40-35(45)39)33(48)41-29(6-3-7-37)34-43-31(44-49-34)20-36-17-23-13-24(18-36)15-25(14-23)19-36/h8,10-12,23-25,28-30,46H,3-7,9,13-20,37-38H2,1-2H3,(H2,39,40)(H,41,48)(H,42,47). The van der Waals surface area contributed by atoms with Gasteiger partial charge in [-0.25, -0.2) is 4.98 Å². The Kier molecular flexibility index (Phi) is 10.6. The predicted octanol–water partition coefficient (Wildman–Crippen LogP) is 3.36. The summed E-state index contributed by atoms with van der Waals surface area (Å²) >= 11 is 0. The highest BCUT2D eigenvalue weighted by atomic mass is 16.5. The number of hydrogen-bond acceptors (Lipinski definition) is 10. The normalized spacial score (nSPS) is 24.4. The Hall–Kier alpha value is -3.97. The average molecular weight is 676 g/mol. The van der Waals surface area contributed by atoms with E-state index in [1.807, 2.05) is 13.8 Å². The van der Waals surface area contributed by atoms with Crippen molar-refractivity contribution in [2.45, 2.75) is 116 Å². The van der Waals surface area contributed by atoms with Crippen LogP contribution < -0.4 is 27.8 Å². The van der Waals surface area contributed by atoms with E-state index in [0.29, 0.717) is 56.4 Å². The third-order valence-corrected chi connectivity index (χ3v) is 11.2. The third kappa shape index (κ3) is 8.26. The Bertz CT molecular complexity index is 1560. The Balaban J connectivity index is 1.16. The zero-order valence-electron chi connectivity index (χ0n) is 28.9. The van der Waals surface area contributed by atoms with Crippen molar-refractivity contribution in [1.82, 2.24) is 30.3 Å². The lowest BCUT2D eigenvalue weighted by Gasteiger charge is -2.56. The quantitative estimate of drug-likeness (QED) is 0.130. The summed E-state index contributed by atoms with van der Waals surface area (Å²) < 4.78 is 7.62. The minimum Gasteiger partial charge on any atom is -0.508 e. The maximum atomic E-state index is 14.1. The molecule has 3 aromatic rings. The van der Waals surface area contributed by atoms with Gasteiger partial charge in [0.1, 0.15) is 17.8 Å². The summed E-state index contributed by atoms with van der Waals surface area (Å²) in [5.41, 5.74) is 20.8. The van der Waals surface area contributed by atoms with Gasteiger partial charge in [-0.1, -0.05) is 5.16 Å². The van der Waals surface area contributed by atoms with Crippen molar-refractivity contribution < 1.29 is 19.2 Å². The Labute approximate surface area is 288 Å². The molecule has 3 atom stereocenters. The van der Waals surface area contributed by atoms with E-state index >= 15 is 0 Å². The van der Waals surface area contributed by atoms with Gasteiger partial charge in [-0.2, -0.15) is 4.98 Å². The van der Waals surface area contributed by atoms with Crippen LogP contribution in [0.2, 0.25) is 0 Å². The van der Waals surface area contributed by atoms with Gasteiger partial charge in [-0.3, -0.25) is 9.59 Å².